The molecule has 0 aliphatic carbocycles. The van der Waals surface area contributed by atoms with Crippen molar-refractivity contribution in [3.8, 4) is 0 Å². The maximum atomic E-state index is 12.1. The van der Waals surface area contributed by atoms with Gasteiger partial charge in [-0.3, -0.25) is 9.59 Å². The number of nitrogens with zero attached hydrogens (tertiary/aromatic N) is 1. The standard InChI is InChI=1S/C10H16N2O4/c13-5-7-6-16-4-3-12(7)10(15)8-1-2-9(14)11-8/h7-8,13H,1-6H2,(H,11,14)/t7?,8-/m0/s1. The van der Waals surface area contributed by atoms with Crippen LogP contribution in [0, 0.1) is 0 Å². The molecular formula is C10H16N2O4. The summed E-state index contributed by atoms with van der Waals surface area (Å²) in [4.78, 5) is 24.7. The van der Waals surface area contributed by atoms with Gasteiger partial charge in [0.2, 0.25) is 11.8 Å². The van der Waals surface area contributed by atoms with Gasteiger partial charge in [-0.05, 0) is 6.42 Å². The summed E-state index contributed by atoms with van der Waals surface area (Å²) >= 11 is 0. The minimum absolute atomic E-state index is 0.0767. The highest BCUT2D eigenvalue weighted by atomic mass is 16.5. The molecule has 6 heteroatoms. The molecule has 90 valence electrons. The lowest BCUT2D eigenvalue weighted by atomic mass is 10.1. The van der Waals surface area contributed by atoms with Crippen LogP contribution in [0.15, 0.2) is 0 Å². The van der Waals surface area contributed by atoms with Gasteiger partial charge in [-0.25, -0.2) is 0 Å². The van der Waals surface area contributed by atoms with Gasteiger partial charge in [-0.15, -0.1) is 0 Å². The number of aliphatic hydroxyl groups excluding tert-OH is 1. The maximum absolute atomic E-state index is 12.1. The fourth-order valence-electron chi connectivity index (χ4n) is 2.10. The summed E-state index contributed by atoms with van der Waals surface area (Å²) in [5.41, 5.74) is 0. The molecule has 0 aromatic heterocycles. The van der Waals surface area contributed by atoms with Gasteiger partial charge in [0, 0.05) is 13.0 Å². The molecule has 2 amide bonds. The third-order valence-corrected chi connectivity index (χ3v) is 3.01. The molecule has 2 heterocycles. The van der Waals surface area contributed by atoms with Crippen molar-refractivity contribution in [2.75, 3.05) is 26.4 Å². The third-order valence-electron chi connectivity index (χ3n) is 3.01. The largest absolute Gasteiger partial charge is 0.394 e. The van der Waals surface area contributed by atoms with Gasteiger partial charge in [-0.2, -0.15) is 0 Å². The van der Waals surface area contributed by atoms with E-state index in [0.717, 1.165) is 0 Å². The van der Waals surface area contributed by atoms with Gasteiger partial charge < -0.3 is 20.1 Å². The molecule has 0 aromatic carbocycles. The number of amides is 2. The number of carbonyl (C=O) groups excluding carboxylic acids is 2. The zero-order chi connectivity index (χ0) is 11.5. The zero-order valence-corrected chi connectivity index (χ0v) is 9.02. The predicted octanol–water partition coefficient (Wildman–Crippen LogP) is -1.52. The highest BCUT2D eigenvalue weighted by Crippen LogP contribution is 2.14. The molecule has 2 saturated heterocycles. The van der Waals surface area contributed by atoms with E-state index in [9.17, 15) is 9.59 Å². The van der Waals surface area contributed by atoms with Gasteiger partial charge in [0.05, 0.1) is 25.9 Å². The van der Waals surface area contributed by atoms with Crippen molar-refractivity contribution in [3.63, 3.8) is 0 Å². The molecule has 0 spiro atoms. The summed E-state index contributed by atoms with van der Waals surface area (Å²) in [7, 11) is 0. The Labute approximate surface area is 93.6 Å². The first-order valence-electron chi connectivity index (χ1n) is 5.51. The second-order valence-electron chi connectivity index (χ2n) is 4.10. The van der Waals surface area contributed by atoms with E-state index in [0.29, 0.717) is 32.6 Å². The lowest BCUT2D eigenvalue weighted by Gasteiger charge is -2.35. The van der Waals surface area contributed by atoms with Crippen molar-refractivity contribution in [2.45, 2.75) is 24.9 Å². The van der Waals surface area contributed by atoms with Crippen LogP contribution in [0.25, 0.3) is 0 Å². The third kappa shape index (κ3) is 2.17. The van der Waals surface area contributed by atoms with E-state index in [-0.39, 0.29) is 24.5 Å². The molecule has 0 radical (unpaired) electrons. The summed E-state index contributed by atoms with van der Waals surface area (Å²) in [6.07, 6.45) is 0.956. The molecule has 6 nitrogen and oxygen atoms in total. The predicted molar refractivity (Wildman–Crippen MR) is 54.6 cm³/mol. The Morgan fingerprint density at radius 2 is 2.44 bits per heavy atom. The van der Waals surface area contributed by atoms with Gasteiger partial charge in [0.15, 0.2) is 0 Å². The molecule has 2 atom stereocenters. The number of hydrogen-bond acceptors (Lipinski definition) is 4. The van der Waals surface area contributed by atoms with Crippen LogP contribution < -0.4 is 5.32 Å². The smallest absolute Gasteiger partial charge is 0.245 e. The van der Waals surface area contributed by atoms with Gasteiger partial charge in [0.1, 0.15) is 6.04 Å². The van der Waals surface area contributed by atoms with Crippen LogP contribution in [0.2, 0.25) is 0 Å². The number of hydrogen-bond donors (Lipinski definition) is 2. The highest BCUT2D eigenvalue weighted by molar-refractivity contribution is 5.91. The fourth-order valence-corrected chi connectivity index (χ4v) is 2.10. The summed E-state index contributed by atoms with van der Waals surface area (Å²) in [5, 5.41) is 11.8. The molecule has 1 unspecified atom stereocenters. The van der Waals surface area contributed by atoms with Crippen LogP contribution in [0.3, 0.4) is 0 Å². The molecule has 2 aliphatic heterocycles. The molecule has 2 fully saturated rings. The molecule has 0 bridgehead atoms. The van der Waals surface area contributed by atoms with E-state index >= 15 is 0 Å². The fraction of sp³-hybridized carbons (Fsp3) is 0.800. The van der Waals surface area contributed by atoms with Crippen LogP contribution in [-0.4, -0.2) is 60.3 Å². The maximum Gasteiger partial charge on any atom is 0.245 e. The molecule has 16 heavy (non-hydrogen) atoms. The lowest BCUT2D eigenvalue weighted by molar-refractivity contribution is -0.144. The number of morpholine rings is 1. The van der Waals surface area contributed by atoms with Crippen LogP contribution >= 0.6 is 0 Å². The van der Waals surface area contributed by atoms with E-state index in [1.54, 1.807) is 4.90 Å². The van der Waals surface area contributed by atoms with Crippen molar-refractivity contribution >= 4 is 11.8 Å². The summed E-state index contributed by atoms with van der Waals surface area (Å²) < 4.78 is 5.20. The van der Waals surface area contributed by atoms with Gasteiger partial charge in [0.25, 0.3) is 0 Å². The van der Waals surface area contributed by atoms with Crippen molar-refractivity contribution < 1.29 is 19.4 Å². The number of ether oxygens (including phenoxy) is 1. The van der Waals surface area contributed by atoms with Crippen LogP contribution in [-0.2, 0) is 14.3 Å². The van der Waals surface area contributed by atoms with Crippen LogP contribution in [0.1, 0.15) is 12.8 Å². The SMILES string of the molecule is O=C1CC[C@@H](C(=O)N2CCOCC2CO)N1. The molecule has 0 saturated carbocycles. The normalized spacial score (nSPS) is 30.3. The minimum Gasteiger partial charge on any atom is -0.394 e. The Hall–Kier alpha value is -1.14. The van der Waals surface area contributed by atoms with E-state index < -0.39 is 6.04 Å². The lowest BCUT2D eigenvalue weighted by Crippen LogP contribution is -2.55. The Morgan fingerprint density at radius 1 is 1.62 bits per heavy atom. The minimum atomic E-state index is -0.417. The number of aliphatic hydroxyl groups is 1. The first kappa shape index (κ1) is 11.3. The van der Waals surface area contributed by atoms with E-state index in [1.165, 1.54) is 0 Å². The monoisotopic (exact) mass is 228 g/mol. The van der Waals surface area contributed by atoms with Crippen LogP contribution in [0.5, 0.6) is 0 Å². The molecule has 0 aromatic rings. The topological polar surface area (TPSA) is 78.9 Å². The van der Waals surface area contributed by atoms with Crippen molar-refractivity contribution in [2.24, 2.45) is 0 Å². The van der Waals surface area contributed by atoms with E-state index in [1.807, 2.05) is 0 Å². The first-order chi connectivity index (χ1) is 7.72. The summed E-state index contributed by atoms with van der Waals surface area (Å²) in [6.45, 7) is 1.23. The number of carbonyl (C=O) groups is 2. The summed E-state index contributed by atoms with van der Waals surface area (Å²) in [6, 6.07) is -0.696. The molecule has 2 N–H and O–H groups in total. The molecule has 2 rings (SSSR count). The number of rotatable bonds is 2. The molecular weight excluding hydrogens is 212 g/mol. The Bertz CT molecular complexity index is 295. The second-order valence-corrected chi connectivity index (χ2v) is 4.10. The molecule has 2 aliphatic rings. The first-order valence-corrected chi connectivity index (χ1v) is 5.51. The Kier molecular flexibility index (Phi) is 3.40. The highest BCUT2D eigenvalue weighted by Gasteiger charge is 2.35. The van der Waals surface area contributed by atoms with E-state index in [4.69, 9.17) is 9.84 Å². The average Bonchev–Trinajstić information content (AvgIpc) is 2.75. The zero-order valence-electron chi connectivity index (χ0n) is 9.02. The Morgan fingerprint density at radius 3 is 3.06 bits per heavy atom. The van der Waals surface area contributed by atoms with Gasteiger partial charge >= 0.3 is 0 Å². The van der Waals surface area contributed by atoms with Crippen molar-refractivity contribution in [3.05, 3.63) is 0 Å². The van der Waals surface area contributed by atoms with Gasteiger partial charge in [-0.1, -0.05) is 0 Å². The quantitative estimate of drug-likeness (QED) is 0.602. The number of nitrogens with one attached hydrogen (secondary N) is 1. The summed E-state index contributed by atoms with van der Waals surface area (Å²) in [5.74, 6) is -0.180. The van der Waals surface area contributed by atoms with Crippen molar-refractivity contribution in [1.82, 2.24) is 10.2 Å². The average molecular weight is 228 g/mol. The van der Waals surface area contributed by atoms with Crippen molar-refractivity contribution in [1.29, 1.82) is 0 Å². The Balaban J connectivity index is 1.99. The second kappa shape index (κ2) is 4.80. The van der Waals surface area contributed by atoms with Crippen LogP contribution in [0.4, 0.5) is 0 Å². The van der Waals surface area contributed by atoms with E-state index in [2.05, 4.69) is 5.32 Å².